The first-order valence-electron chi connectivity index (χ1n) is 9.59. The van der Waals surface area contributed by atoms with Crippen molar-refractivity contribution >= 4 is 23.1 Å². The monoisotopic (exact) mass is 384 g/mol. The lowest BCUT2D eigenvalue weighted by Gasteiger charge is -2.24. The zero-order chi connectivity index (χ0) is 19.6. The molecule has 0 aliphatic heterocycles. The fourth-order valence-electron chi connectivity index (χ4n) is 3.99. The number of thiophene rings is 1. The number of nitrogens with zero attached hydrogens (tertiary/aromatic N) is 3. The molecule has 1 N–H and O–H groups in total. The van der Waals surface area contributed by atoms with Gasteiger partial charge in [0.05, 0.1) is 12.1 Å². The first kappa shape index (κ1) is 19.7. The number of likely N-dealkylation sites (N-methyl/N-ethyl adjacent to an activating group) is 1. The molecule has 27 heavy (non-hydrogen) atoms. The molecule has 1 amide bonds. The lowest BCUT2D eigenvalue weighted by Crippen LogP contribution is -2.32. The second-order valence-electron chi connectivity index (χ2n) is 7.51. The van der Waals surface area contributed by atoms with Gasteiger partial charge in [-0.15, -0.1) is 11.3 Å². The van der Waals surface area contributed by atoms with E-state index in [2.05, 4.69) is 41.2 Å². The molecule has 2 heterocycles. The molecule has 6 heteroatoms. The number of carbonyl (C=O) groups excluding carboxylic acids is 1. The summed E-state index contributed by atoms with van der Waals surface area (Å²) in [6.07, 6.45) is 4.63. The third-order valence-electron chi connectivity index (χ3n) is 5.83. The van der Waals surface area contributed by atoms with Crippen LogP contribution in [0.25, 0.3) is 0 Å². The molecule has 144 valence electrons. The average Bonchev–Trinajstić information content (AvgIpc) is 3.38. The lowest BCUT2D eigenvalue weighted by atomic mass is 10.2. The molecule has 0 aromatic carbocycles. The van der Waals surface area contributed by atoms with Gasteiger partial charge in [0.25, 0.3) is 0 Å². The summed E-state index contributed by atoms with van der Waals surface area (Å²) in [4.78, 5) is 16.1. The molecule has 2 aromatic heterocycles. The highest BCUT2D eigenvalue weighted by Crippen LogP contribution is 2.37. The number of amides is 1. The third kappa shape index (κ3) is 3.95. The van der Waals surface area contributed by atoms with Crippen molar-refractivity contribution in [3.8, 4) is 6.07 Å². The predicted octanol–water partition coefficient (Wildman–Crippen LogP) is 4.78. The highest BCUT2D eigenvalue weighted by molar-refractivity contribution is 7.10. The number of carbonyl (C=O) groups is 1. The molecule has 5 nitrogen and oxygen atoms in total. The maximum Gasteiger partial charge on any atom is 0.239 e. The Kier molecular flexibility index (Phi) is 6.03. The van der Waals surface area contributed by atoms with E-state index in [0.29, 0.717) is 17.4 Å². The first-order valence-corrected chi connectivity index (χ1v) is 10.5. The van der Waals surface area contributed by atoms with Crippen molar-refractivity contribution in [1.29, 1.82) is 5.26 Å². The predicted molar refractivity (Wildman–Crippen MR) is 110 cm³/mol. The van der Waals surface area contributed by atoms with Gasteiger partial charge in [-0.3, -0.25) is 9.69 Å². The van der Waals surface area contributed by atoms with Crippen LogP contribution in [0.15, 0.2) is 17.5 Å². The number of rotatable bonds is 6. The average molecular weight is 385 g/mol. The minimum atomic E-state index is -0.0749. The topological polar surface area (TPSA) is 61.1 Å². The van der Waals surface area contributed by atoms with Crippen molar-refractivity contribution in [1.82, 2.24) is 9.47 Å². The summed E-state index contributed by atoms with van der Waals surface area (Å²) in [7, 11) is 1.96. The molecular weight excluding hydrogens is 356 g/mol. The molecule has 1 aliphatic carbocycles. The van der Waals surface area contributed by atoms with E-state index in [4.69, 9.17) is 0 Å². The van der Waals surface area contributed by atoms with Gasteiger partial charge in [0.1, 0.15) is 11.9 Å². The van der Waals surface area contributed by atoms with Crippen LogP contribution >= 0.6 is 11.3 Å². The minimum Gasteiger partial charge on any atom is -0.327 e. The van der Waals surface area contributed by atoms with Crippen LogP contribution in [-0.2, 0) is 4.79 Å². The summed E-state index contributed by atoms with van der Waals surface area (Å²) < 4.78 is 2.20. The van der Waals surface area contributed by atoms with Gasteiger partial charge in [0.15, 0.2) is 0 Å². The summed E-state index contributed by atoms with van der Waals surface area (Å²) >= 11 is 1.70. The number of hydrogen-bond acceptors (Lipinski definition) is 4. The summed E-state index contributed by atoms with van der Waals surface area (Å²) in [6.45, 7) is 6.42. The third-order valence-corrected chi connectivity index (χ3v) is 6.87. The SMILES string of the molecule is Cc1c(C#N)c(NC(=O)CN(C)C(C)c2cccs2)n(C2CCCC2)c1C. The molecule has 0 bridgehead atoms. The molecular formula is C21H28N4OS. The van der Waals surface area contributed by atoms with Crippen LogP contribution in [0.4, 0.5) is 5.82 Å². The number of hydrogen-bond donors (Lipinski definition) is 1. The zero-order valence-electron chi connectivity index (χ0n) is 16.6. The highest BCUT2D eigenvalue weighted by Gasteiger charge is 2.27. The molecule has 1 aliphatic rings. The quantitative estimate of drug-likeness (QED) is 0.779. The summed E-state index contributed by atoms with van der Waals surface area (Å²) in [5.74, 6) is 0.607. The van der Waals surface area contributed by atoms with Gasteiger partial charge in [-0.05, 0) is 57.7 Å². The minimum absolute atomic E-state index is 0.0749. The first-order chi connectivity index (χ1) is 12.9. The van der Waals surface area contributed by atoms with Crippen molar-refractivity contribution in [2.24, 2.45) is 0 Å². The van der Waals surface area contributed by atoms with Crippen LogP contribution in [0.1, 0.15) is 66.4 Å². The summed E-state index contributed by atoms with van der Waals surface area (Å²) in [6, 6.07) is 6.98. The fourth-order valence-corrected chi connectivity index (χ4v) is 4.84. The van der Waals surface area contributed by atoms with Gasteiger partial charge in [-0.2, -0.15) is 5.26 Å². The van der Waals surface area contributed by atoms with E-state index in [9.17, 15) is 10.1 Å². The Morgan fingerprint density at radius 1 is 1.44 bits per heavy atom. The Hall–Kier alpha value is -2.10. The Balaban J connectivity index is 1.79. The summed E-state index contributed by atoms with van der Waals surface area (Å²) in [5.41, 5.74) is 2.66. The molecule has 0 spiro atoms. The maximum atomic E-state index is 12.8. The van der Waals surface area contributed by atoms with Gasteiger partial charge in [0, 0.05) is 22.7 Å². The zero-order valence-corrected chi connectivity index (χ0v) is 17.4. The van der Waals surface area contributed by atoms with Gasteiger partial charge in [-0.1, -0.05) is 18.9 Å². The van der Waals surface area contributed by atoms with Crippen molar-refractivity contribution in [2.45, 2.75) is 58.5 Å². The van der Waals surface area contributed by atoms with E-state index in [1.165, 1.54) is 17.7 Å². The molecule has 0 radical (unpaired) electrons. The molecule has 1 saturated carbocycles. The van der Waals surface area contributed by atoms with E-state index in [1.54, 1.807) is 11.3 Å². The second-order valence-corrected chi connectivity index (χ2v) is 8.49. The van der Waals surface area contributed by atoms with Crippen molar-refractivity contribution in [3.63, 3.8) is 0 Å². The standard InChI is InChI=1S/C21H28N4OS/c1-14-15(2)25(17-8-5-6-9-17)21(18(14)12-22)23-20(26)13-24(4)16(3)19-10-7-11-27-19/h7,10-11,16-17H,5-6,8-9,13H2,1-4H3,(H,23,26). The fraction of sp³-hybridized carbons (Fsp3) is 0.524. The van der Waals surface area contributed by atoms with E-state index in [-0.39, 0.29) is 18.5 Å². The number of nitriles is 1. The molecule has 2 aromatic rings. The van der Waals surface area contributed by atoms with Crippen molar-refractivity contribution < 1.29 is 4.79 Å². The van der Waals surface area contributed by atoms with Crippen LogP contribution in [0, 0.1) is 25.2 Å². The molecule has 0 saturated heterocycles. The number of aromatic nitrogens is 1. The molecule has 1 atom stereocenters. The van der Waals surface area contributed by atoms with E-state index in [1.807, 2.05) is 24.9 Å². The Morgan fingerprint density at radius 2 is 2.15 bits per heavy atom. The Labute approximate surface area is 165 Å². The van der Waals surface area contributed by atoms with E-state index in [0.717, 1.165) is 24.1 Å². The van der Waals surface area contributed by atoms with E-state index < -0.39 is 0 Å². The Bertz CT molecular complexity index is 841. The molecule has 1 unspecified atom stereocenters. The van der Waals surface area contributed by atoms with Gasteiger partial charge in [-0.25, -0.2) is 0 Å². The largest absolute Gasteiger partial charge is 0.327 e. The van der Waals surface area contributed by atoms with Crippen LogP contribution in [0.3, 0.4) is 0 Å². The molecule has 3 rings (SSSR count). The lowest BCUT2D eigenvalue weighted by molar-refractivity contribution is -0.117. The van der Waals surface area contributed by atoms with Crippen LogP contribution < -0.4 is 5.32 Å². The van der Waals surface area contributed by atoms with E-state index >= 15 is 0 Å². The highest BCUT2D eigenvalue weighted by atomic mass is 32.1. The van der Waals surface area contributed by atoms with Gasteiger partial charge >= 0.3 is 0 Å². The second kappa shape index (κ2) is 8.28. The Morgan fingerprint density at radius 3 is 2.74 bits per heavy atom. The normalized spacial score (nSPS) is 15.9. The van der Waals surface area contributed by atoms with Crippen molar-refractivity contribution in [2.75, 3.05) is 18.9 Å². The van der Waals surface area contributed by atoms with Crippen LogP contribution in [-0.4, -0.2) is 29.0 Å². The van der Waals surface area contributed by atoms with Gasteiger partial charge in [0.2, 0.25) is 5.91 Å². The van der Waals surface area contributed by atoms with Crippen molar-refractivity contribution in [3.05, 3.63) is 39.2 Å². The smallest absolute Gasteiger partial charge is 0.239 e. The number of nitrogens with one attached hydrogen (secondary N) is 1. The molecule has 1 fully saturated rings. The maximum absolute atomic E-state index is 12.8. The summed E-state index contributed by atoms with van der Waals surface area (Å²) in [5, 5.41) is 14.8. The van der Waals surface area contributed by atoms with Crippen LogP contribution in [0.2, 0.25) is 0 Å². The van der Waals surface area contributed by atoms with Crippen LogP contribution in [0.5, 0.6) is 0 Å². The number of anilines is 1. The van der Waals surface area contributed by atoms with Gasteiger partial charge < -0.3 is 9.88 Å².